The van der Waals surface area contributed by atoms with Crippen LogP contribution >= 0.6 is 11.6 Å². The predicted molar refractivity (Wildman–Crippen MR) is 77.1 cm³/mol. The molecular weight excluding hydrogens is 296 g/mol. The molecule has 0 spiro atoms. The van der Waals surface area contributed by atoms with Crippen LogP contribution in [-0.2, 0) is 9.62 Å². The maximum atomic E-state index is 8.67. The minimum absolute atomic E-state index is 0.0429. The second kappa shape index (κ2) is 7.58. The molecule has 0 radical (unpaired) electrons. The number of hydrogen-bond acceptors (Lipinski definition) is 6. The molecule has 21 heavy (non-hydrogen) atoms. The molecule has 1 N–H and O–H groups in total. The quantitative estimate of drug-likeness (QED) is 0.381. The zero-order chi connectivity index (χ0) is 15.1. The fourth-order valence-corrected chi connectivity index (χ4v) is 1.83. The molecular formula is C14H13ClN2O4. The first-order valence-corrected chi connectivity index (χ1v) is 6.35. The van der Waals surface area contributed by atoms with E-state index in [1.165, 1.54) is 25.8 Å². The van der Waals surface area contributed by atoms with Gasteiger partial charge in [0.2, 0.25) is 5.88 Å². The van der Waals surface area contributed by atoms with Crippen LogP contribution in [0.2, 0.25) is 5.15 Å². The van der Waals surface area contributed by atoms with Crippen molar-refractivity contribution in [2.75, 3.05) is 13.7 Å². The highest BCUT2D eigenvalue weighted by atomic mass is 35.5. The van der Waals surface area contributed by atoms with E-state index >= 15 is 0 Å². The third kappa shape index (κ3) is 4.16. The van der Waals surface area contributed by atoms with E-state index < -0.39 is 0 Å². The zero-order valence-corrected chi connectivity index (χ0v) is 11.9. The second-order valence-corrected chi connectivity index (χ2v) is 4.32. The number of hydrogen-bond donors (Lipinski definition) is 1. The molecule has 0 fully saturated rings. The van der Waals surface area contributed by atoms with Crippen molar-refractivity contribution >= 4 is 17.2 Å². The maximum absolute atomic E-state index is 8.67. The summed E-state index contributed by atoms with van der Waals surface area (Å²) < 4.78 is 10.7. The molecule has 0 atom stereocenters. The van der Waals surface area contributed by atoms with Gasteiger partial charge in [-0.05, 0) is 6.07 Å². The Morgan fingerprint density at radius 2 is 2.14 bits per heavy atom. The van der Waals surface area contributed by atoms with Crippen LogP contribution in [0, 0.1) is 0 Å². The molecule has 1 aromatic carbocycles. The lowest BCUT2D eigenvalue weighted by atomic mass is 10.1. The molecule has 2 rings (SSSR count). The zero-order valence-electron chi connectivity index (χ0n) is 11.2. The summed E-state index contributed by atoms with van der Waals surface area (Å²) in [5.41, 5.74) is 1.30. The van der Waals surface area contributed by atoms with Gasteiger partial charge < -0.3 is 9.47 Å². The Balaban J connectivity index is 2.34. The number of nitrogens with zero attached hydrogens (tertiary/aromatic N) is 2. The molecule has 0 unspecified atom stereocenters. The smallest absolute Gasteiger partial charge is 0.223 e. The molecule has 2 aromatic rings. The summed E-state index contributed by atoms with van der Waals surface area (Å²) in [6, 6.07) is 8.71. The van der Waals surface area contributed by atoms with Gasteiger partial charge in [-0.25, -0.2) is 14.9 Å². The van der Waals surface area contributed by atoms with Gasteiger partial charge in [0.15, 0.2) is 0 Å². The van der Waals surface area contributed by atoms with Crippen molar-refractivity contribution in [3.8, 4) is 11.6 Å². The minimum atomic E-state index is -0.0429. The van der Waals surface area contributed by atoms with Gasteiger partial charge in [-0.1, -0.05) is 29.8 Å². The molecule has 0 bridgehead atoms. The van der Waals surface area contributed by atoms with Gasteiger partial charge in [-0.15, -0.1) is 0 Å². The number of methoxy groups -OCH3 is 1. The summed E-state index contributed by atoms with van der Waals surface area (Å²) in [6.07, 6.45) is 2.77. The second-order valence-electron chi connectivity index (χ2n) is 3.93. The fraction of sp³-hybridized carbons (Fsp3) is 0.143. The van der Waals surface area contributed by atoms with E-state index in [2.05, 4.69) is 14.9 Å². The van der Waals surface area contributed by atoms with Crippen molar-refractivity contribution in [3.05, 3.63) is 53.6 Å². The third-order valence-corrected chi connectivity index (χ3v) is 2.74. The summed E-state index contributed by atoms with van der Waals surface area (Å²) in [5, 5.41) is 8.95. The Morgan fingerprint density at radius 3 is 2.86 bits per heavy atom. The Labute approximate surface area is 126 Å². The first kappa shape index (κ1) is 15.2. The summed E-state index contributed by atoms with van der Waals surface area (Å²) in [6.45, 7) is -0.0429. The summed E-state index contributed by atoms with van der Waals surface area (Å²) in [4.78, 5) is 12.0. The van der Waals surface area contributed by atoms with Crippen molar-refractivity contribution in [3.63, 3.8) is 0 Å². The van der Waals surface area contributed by atoms with Gasteiger partial charge in [0.05, 0.1) is 13.4 Å². The predicted octanol–water partition coefficient (Wildman–Crippen LogP) is 3.40. The molecule has 0 amide bonds. The van der Waals surface area contributed by atoms with Gasteiger partial charge in [0.1, 0.15) is 23.8 Å². The molecule has 1 aromatic heterocycles. The van der Waals surface area contributed by atoms with Crippen LogP contribution in [0.3, 0.4) is 0 Å². The SMILES string of the molecule is CO/C=C(/COO)c1ccccc1Oc1cc(Cl)ncn1. The number of halogens is 1. The number of aromatic nitrogens is 2. The largest absolute Gasteiger partial charge is 0.504 e. The van der Waals surface area contributed by atoms with Crippen molar-refractivity contribution in [2.24, 2.45) is 0 Å². The third-order valence-electron chi connectivity index (χ3n) is 2.54. The monoisotopic (exact) mass is 308 g/mol. The van der Waals surface area contributed by atoms with Crippen molar-refractivity contribution in [2.45, 2.75) is 0 Å². The fourth-order valence-electron chi connectivity index (χ4n) is 1.69. The van der Waals surface area contributed by atoms with Gasteiger partial charge >= 0.3 is 0 Å². The summed E-state index contributed by atoms with van der Waals surface area (Å²) in [5.74, 6) is 0.830. The van der Waals surface area contributed by atoms with E-state index in [0.717, 1.165) is 0 Å². The van der Waals surface area contributed by atoms with Gasteiger partial charge in [0.25, 0.3) is 0 Å². The Morgan fingerprint density at radius 1 is 1.33 bits per heavy atom. The van der Waals surface area contributed by atoms with Crippen LogP contribution in [0.1, 0.15) is 5.56 Å². The lowest BCUT2D eigenvalue weighted by Crippen LogP contribution is -1.99. The lowest BCUT2D eigenvalue weighted by Gasteiger charge is -2.12. The summed E-state index contributed by atoms with van der Waals surface area (Å²) >= 11 is 5.80. The minimum Gasteiger partial charge on any atom is -0.504 e. The lowest BCUT2D eigenvalue weighted by molar-refractivity contribution is -0.229. The normalized spacial score (nSPS) is 11.3. The maximum Gasteiger partial charge on any atom is 0.223 e. The topological polar surface area (TPSA) is 73.7 Å². The number of ether oxygens (including phenoxy) is 2. The van der Waals surface area contributed by atoms with E-state index in [1.54, 1.807) is 6.07 Å². The van der Waals surface area contributed by atoms with Crippen molar-refractivity contribution in [1.82, 2.24) is 9.97 Å². The Hall–Kier alpha value is -2.15. The average molecular weight is 309 g/mol. The van der Waals surface area contributed by atoms with E-state index in [4.69, 9.17) is 26.3 Å². The van der Waals surface area contributed by atoms with Gasteiger partial charge in [-0.2, -0.15) is 0 Å². The Bertz CT molecular complexity index is 634. The molecule has 0 aliphatic heterocycles. The first-order valence-electron chi connectivity index (χ1n) is 5.97. The van der Waals surface area contributed by atoms with E-state index in [1.807, 2.05) is 18.2 Å². The number of rotatable bonds is 6. The molecule has 6 nitrogen and oxygen atoms in total. The molecule has 0 aliphatic carbocycles. The van der Waals surface area contributed by atoms with Crippen LogP contribution < -0.4 is 4.74 Å². The van der Waals surface area contributed by atoms with Gasteiger partial charge in [0, 0.05) is 17.2 Å². The highest BCUT2D eigenvalue weighted by Crippen LogP contribution is 2.30. The highest BCUT2D eigenvalue weighted by Gasteiger charge is 2.11. The van der Waals surface area contributed by atoms with Crippen molar-refractivity contribution in [1.29, 1.82) is 0 Å². The molecule has 1 heterocycles. The van der Waals surface area contributed by atoms with E-state index in [-0.39, 0.29) is 11.8 Å². The van der Waals surface area contributed by atoms with E-state index in [9.17, 15) is 0 Å². The summed E-state index contributed by atoms with van der Waals surface area (Å²) in [7, 11) is 1.50. The molecule has 7 heteroatoms. The molecule has 0 aliphatic rings. The standard InChI is InChI=1S/C14H13ClN2O4/c1-19-7-10(8-20-18)11-4-2-3-5-12(11)21-14-6-13(15)16-9-17-14/h2-7,9,18H,8H2,1H3/b10-7-. The van der Waals surface area contributed by atoms with Crippen LogP contribution in [-0.4, -0.2) is 28.9 Å². The molecule has 0 saturated carbocycles. The van der Waals surface area contributed by atoms with Crippen LogP contribution in [0.15, 0.2) is 42.9 Å². The Kier molecular flexibility index (Phi) is 5.51. The highest BCUT2D eigenvalue weighted by molar-refractivity contribution is 6.29. The van der Waals surface area contributed by atoms with Crippen LogP contribution in [0.4, 0.5) is 0 Å². The first-order chi connectivity index (χ1) is 10.2. The average Bonchev–Trinajstić information content (AvgIpc) is 2.48. The molecule has 0 saturated heterocycles. The number of benzene rings is 1. The number of para-hydroxylation sites is 1. The van der Waals surface area contributed by atoms with Crippen molar-refractivity contribution < 1.29 is 19.6 Å². The van der Waals surface area contributed by atoms with E-state index in [0.29, 0.717) is 22.8 Å². The van der Waals surface area contributed by atoms with Gasteiger partial charge in [-0.3, -0.25) is 5.26 Å². The van der Waals surface area contributed by atoms with Crippen LogP contribution in [0.5, 0.6) is 11.6 Å². The van der Waals surface area contributed by atoms with Crippen LogP contribution in [0.25, 0.3) is 5.57 Å². The molecule has 110 valence electrons.